The molecule has 0 rings (SSSR count). The summed E-state index contributed by atoms with van der Waals surface area (Å²) in [6.45, 7) is 0. The molecule has 0 unspecified atom stereocenters. The molecule has 0 saturated carbocycles. The van der Waals surface area contributed by atoms with Crippen molar-refractivity contribution in [3.05, 3.63) is 0 Å². The zero-order valence-corrected chi connectivity index (χ0v) is 4.52. The van der Waals surface area contributed by atoms with E-state index in [0.717, 1.165) is 0 Å². The first-order chi connectivity index (χ1) is 1.41. The molecule has 4 heavy (non-hydrogen) atoms. The maximum Gasteiger partial charge on any atom is 1.00 e. The molecule has 0 saturated heterocycles. The Morgan fingerprint density at radius 2 is 2.25 bits per heavy atom. The van der Waals surface area contributed by atoms with Crippen molar-refractivity contribution in [1.82, 2.24) is 0 Å². The van der Waals surface area contributed by atoms with E-state index in [1.165, 1.54) is 5.97 Å². The van der Waals surface area contributed by atoms with Gasteiger partial charge in [-0.2, -0.15) is 0 Å². The summed E-state index contributed by atoms with van der Waals surface area (Å²) in [5.41, 5.74) is 0. The van der Waals surface area contributed by atoms with Gasteiger partial charge in [-0.15, -0.1) is 0 Å². The predicted molar refractivity (Wildman–Crippen MR) is 18.8 cm³/mol. The van der Waals surface area contributed by atoms with Crippen LogP contribution in [0.3, 0.4) is 0 Å². The first-order valence-corrected chi connectivity index (χ1v) is 0.512. The Kier molecular flexibility index (Phi) is 21.2. The van der Waals surface area contributed by atoms with E-state index >= 15 is 0 Å². The summed E-state index contributed by atoms with van der Waals surface area (Å²) >= 11 is 0. The van der Waals surface area contributed by atoms with E-state index in [4.69, 9.17) is 5.26 Å². The van der Waals surface area contributed by atoms with Crippen LogP contribution in [-0.4, -0.2) is 7.85 Å². The minimum Gasteiger partial charge on any atom is -1.00 e. The SMILES string of the molecule is [B]C#N.[H-].[HH].[HH].[HH].[Na+]. The van der Waals surface area contributed by atoms with Crippen molar-refractivity contribution >= 4 is 7.85 Å². The third kappa shape index (κ3) is 20.1. The standard InChI is InChI=1S/CBN.Na.3H2.H/c2-1-3;;;;;/h;;3*1H;/q;+1;;;;-1. The van der Waals surface area contributed by atoms with Gasteiger partial charge in [0.25, 0.3) is 0 Å². The second kappa shape index (κ2) is 9.60. The summed E-state index contributed by atoms with van der Waals surface area (Å²) in [7, 11) is 4.15. The van der Waals surface area contributed by atoms with E-state index in [9.17, 15) is 0 Å². The second-order valence-electron chi connectivity index (χ2n) is 0.129. The Labute approximate surface area is 54.6 Å². The van der Waals surface area contributed by atoms with Crippen LogP contribution in [0.1, 0.15) is 5.71 Å². The van der Waals surface area contributed by atoms with Crippen LogP contribution in [0.25, 0.3) is 0 Å². The molecule has 0 fully saturated rings. The predicted octanol–water partition coefficient (Wildman–Crippen LogP) is -2.51. The second-order valence-corrected chi connectivity index (χ2v) is 0.129. The van der Waals surface area contributed by atoms with Gasteiger partial charge in [0.15, 0.2) is 0 Å². The van der Waals surface area contributed by atoms with Gasteiger partial charge in [-0.1, -0.05) is 0 Å². The molecular weight excluding hydrogens is 59.8 g/mol. The normalized spacial score (nSPS) is 1.75. The maximum absolute atomic E-state index is 7.10. The first-order valence-electron chi connectivity index (χ1n) is 0.512. The summed E-state index contributed by atoms with van der Waals surface area (Å²) in [4.78, 5) is 0. The largest absolute Gasteiger partial charge is 1.00 e. The van der Waals surface area contributed by atoms with Crippen molar-refractivity contribution in [2.24, 2.45) is 0 Å². The van der Waals surface area contributed by atoms with E-state index in [0.29, 0.717) is 0 Å². The van der Waals surface area contributed by atoms with E-state index in [1.54, 1.807) is 0 Å². The molecule has 0 atom stereocenters. The van der Waals surface area contributed by atoms with Crippen molar-refractivity contribution in [1.29, 1.82) is 5.26 Å². The number of hydrogen-bond donors (Lipinski definition) is 0. The Bertz CT molecular complexity index is 37.5. The molecule has 0 spiro atoms. The van der Waals surface area contributed by atoms with Crippen LogP contribution in [0.5, 0.6) is 0 Å². The molecule has 0 aromatic rings. The van der Waals surface area contributed by atoms with Crippen LogP contribution >= 0.6 is 0 Å². The van der Waals surface area contributed by atoms with Crippen molar-refractivity contribution in [3.63, 3.8) is 0 Å². The van der Waals surface area contributed by atoms with Gasteiger partial charge in [-0.05, 0) is 5.97 Å². The van der Waals surface area contributed by atoms with Crippen LogP contribution in [0.2, 0.25) is 0 Å². The molecule has 0 aliphatic carbocycles. The van der Waals surface area contributed by atoms with E-state index < -0.39 is 0 Å². The molecule has 0 aliphatic heterocycles. The minimum atomic E-state index is 0. The smallest absolute Gasteiger partial charge is 1.00 e. The molecule has 20 valence electrons. The molecule has 1 nitrogen and oxygen atoms in total. The molecule has 3 heteroatoms. The fourth-order valence-electron chi connectivity index (χ4n) is 0. The molecule has 0 heterocycles. The van der Waals surface area contributed by atoms with Crippen LogP contribution in [0.4, 0.5) is 0 Å². The summed E-state index contributed by atoms with van der Waals surface area (Å²) in [6, 6.07) is 0. The molecule has 0 bridgehead atoms. The third-order valence-corrected chi connectivity index (χ3v) is 0. The van der Waals surface area contributed by atoms with Crippen LogP contribution in [0, 0.1) is 11.2 Å². The van der Waals surface area contributed by atoms with Gasteiger partial charge in [-0.3, -0.25) is 0 Å². The van der Waals surface area contributed by atoms with Crippen molar-refractivity contribution in [2.75, 3.05) is 0 Å². The van der Waals surface area contributed by atoms with Crippen LogP contribution in [-0.2, 0) is 0 Å². The fourth-order valence-corrected chi connectivity index (χ4v) is 0. The Balaban J connectivity index is -0.00000000200. The Morgan fingerprint density at radius 1 is 2.25 bits per heavy atom. The van der Waals surface area contributed by atoms with Gasteiger partial charge < -0.3 is 1.43 Å². The summed E-state index contributed by atoms with van der Waals surface area (Å²) in [5.74, 6) is 1.25. The summed E-state index contributed by atoms with van der Waals surface area (Å²) in [6.07, 6.45) is 0. The maximum atomic E-state index is 7.10. The Morgan fingerprint density at radius 3 is 2.25 bits per heavy atom. The Hall–Kier alpha value is 0.555. The molecule has 0 aliphatic rings. The molecule has 0 amide bonds. The van der Waals surface area contributed by atoms with Gasteiger partial charge in [-0.25, -0.2) is 5.26 Å². The van der Waals surface area contributed by atoms with E-state index in [2.05, 4.69) is 7.85 Å². The molecular formula is CH7BNNa. The zero-order valence-electron chi connectivity index (χ0n) is 3.52. The number of rotatable bonds is 0. The monoisotopic (exact) mass is 67.1 g/mol. The van der Waals surface area contributed by atoms with Crippen molar-refractivity contribution in [2.45, 2.75) is 0 Å². The third-order valence-electron chi connectivity index (χ3n) is 0. The van der Waals surface area contributed by atoms with Gasteiger partial charge in [0.05, 0.1) is 0 Å². The summed E-state index contributed by atoms with van der Waals surface area (Å²) < 4.78 is 0. The number of nitriles is 1. The molecule has 0 aromatic heterocycles. The average molecular weight is 66.9 g/mol. The van der Waals surface area contributed by atoms with Crippen LogP contribution < -0.4 is 29.6 Å². The number of hydrogen-bond acceptors (Lipinski definition) is 1. The fraction of sp³-hybridized carbons (Fsp3) is 0. The number of nitrogens with zero attached hydrogens (tertiary/aromatic N) is 1. The molecule has 0 aromatic carbocycles. The van der Waals surface area contributed by atoms with Gasteiger partial charge in [0.2, 0.25) is 7.85 Å². The van der Waals surface area contributed by atoms with Gasteiger partial charge >= 0.3 is 29.6 Å². The molecule has 2 radical (unpaired) electrons. The van der Waals surface area contributed by atoms with Gasteiger partial charge in [0, 0.05) is 4.28 Å². The average Bonchev–Trinajstić information content (AvgIpc) is 0.918. The van der Waals surface area contributed by atoms with Crippen molar-refractivity contribution in [3.8, 4) is 5.97 Å². The van der Waals surface area contributed by atoms with Crippen LogP contribution in [0.15, 0.2) is 0 Å². The van der Waals surface area contributed by atoms with E-state index in [1.807, 2.05) is 0 Å². The molecule has 0 N–H and O–H groups in total. The summed E-state index contributed by atoms with van der Waals surface area (Å²) in [5, 5.41) is 7.10. The van der Waals surface area contributed by atoms with E-state index in [-0.39, 0.29) is 35.3 Å². The topological polar surface area (TPSA) is 23.8 Å². The zero-order chi connectivity index (χ0) is 2.71. The quantitative estimate of drug-likeness (QED) is 0.287. The first kappa shape index (κ1) is 8.82. The minimum absolute atomic E-state index is 0. The van der Waals surface area contributed by atoms with Gasteiger partial charge in [0.1, 0.15) is 0 Å². The van der Waals surface area contributed by atoms with Crippen molar-refractivity contribution < 1.29 is 35.3 Å².